The van der Waals surface area contributed by atoms with Crippen LogP contribution in [-0.4, -0.2) is 66.2 Å². The number of rotatable bonds is 3. The summed E-state index contributed by atoms with van der Waals surface area (Å²) >= 11 is 0. The van der Waals surface area contributed by atoms with Crippen LogP contribution in [0.25, 0.3) is 0 Å². The summed E-state index contributed by atoms with van der Waals surface area (Å²) in [6.45, 7) is 8.36. The van der Waals surface area contributed by atoms with E-state index in [0.29, 0.717) is 5.92 Å². The minimum Gasteiger partial charge on any atom is -0.444 e. The molecule has 132 valence electrons. The number of likely N-dealkylation sites (tertiary alicyclic amines) is 1. The monoisotopic (exact) mass is 325 g/mol. The molecule has 23 heavy (non-hydrogen) atoms. The molecule has 0 spiro atoms. The fourth-order valence-corrected chi connectivity index (χ4v) is 3.73. The number of hydrogen-bond donors (Lipinski definition) is 1. The minimum absolute atomic E-state index is 0.0897. The van der Waals surface area contributed by atoms with E-state index in [9.17, 15) is 9.59 Å². The van der Waals surface area contributed by atoms with Gasteiger partial charge >= 0.3 is 6.09 Å². The van der Waals surface area contributed by atoms with Crippen LogP contribution in [0.5, 0.6) is 0 Å². The Morgan fingerprint density at radius 1 is 1.22 bits per heavy atom. The summed E-state index contributed by atoms with van der Waals surface area (Å²) in [5.74, 6) is 0.590. The largest absolute Gasteiger partial charge is 0.444 e. The SMILES string of the molecule is C[C@H](N[C@H]1C[C@H]2C[C@@H](C1)N(C(=O)OC(C)(C)C)C2)C(=O)N(C)C. The second kappa shape index (κ2) is 6.67. The maximum absolute atomic E-state index is 12.4. The summed E-state index contributed by atoms with van der Waals surface area (Å²) in [4.78, 5) is 27.9. The minimum atomic E-state index is -0.460. The third-order valence-electron chi connectivity index (χ3n) is 4.60. The number of ether oxygens (including phenoxy) is 1. The van der Waals surface area contributed by atoms with Crippen LogP contribution >= 0.6 is 0 Å². The van der Waals surface area contributed by atoms with E-state index in [-0.39, 0.29) is 30.1 Å². The Morgan fingerprint density at radius 3 is 2.43 bits per heavy atom. The Hall–Kier alpha value is -1.30. The quantitative estimate of drug-likeness (QED) is 0.860. The zero-order valence-corrected chi connectivity index (χ0v) is 15.3. The molecule has 6 heteroatoms. The van der Waals surface area contributed by atoms with Crippen molar-refractivity contribution in [2.24, 2.45) is 5.92 Å². The zero-order chi connectivity index (χ0) is 17.4. The molecule has 2 fully saturated rings. The van der Waals surface area contributed by atoms with Crippen LogP contribution in [-0.2, 0) is 9.53 Å². The van der Waals surface area contributed by atoms with Gasteiger partial charge in [0.25, 0.3) is 0 Å². The molecule has 0 aromatic carbocycles. The van der Waals surface area contributed by atoms with Crippen LogP contribution in [0.3, 0.4) is 0 Å². The molecule has 1 aliphatic heterocycles. The second-order valence-corrected chi connectivity index (χ2v) is 8.18. The average molecular weight is 325 g/mol. The molecule has 2 amide bonds. The van der Waals surface area contributed by atoms with Gasteiger partial charge in [0.15, 0.2) is 0 Å². The highest BCUT2D eigenvalue weighted by Gasteiger charge is 2.43. The Labute approximate surface area is 139 Å². The van der Waals surface area contributed by atoms with Gasteiger partial charge in [-0.1, -0.05) is 0 Å². The number of hydrogen-bond acceptors (Lipinski definition) is 4. The lowest BCUT2D eigenvalue weighted by Crippen LogP contribution is -2.49. The molecule has 0 unspecified atom stereocenters. The maximum Gasteiger partial charge on any atom is 0.410 e. The van der Waals surface area contributed by atoms with Gasteiger partial charge in [0.1, 0.15) is 5.60 Å². The summed E-state index contributed by atoms with van der Waals surface area (Å²) in [6, 6.07) is 0.315. The van der Waals surface area contributed by atoms with Crippen molar-refractivity contribution < 1.29 is 14.3 Å². The normalized spacial score (nSPS) is 28.4. The first-order chi connectivity index (χ1) is 10.6. The Morgan fingerprint density at radius 2 is 1.87 bits per heavy atom. The van der Waals surface area contributed by atoms with Crippen LogP contribution in [0.1, 0.15) is 47.0 Å². The number of carbonyl (C=O) groups excluding carboxylic acids is 2. The fourth-order valence-electron chi connectivity index (χ4n) is 3.73. The molecule has 2 aliphatic rings. The Bertz CT molecular complexity index is 458. The first kappa shape index (κ1) is 18.0. The van der Waals surface area contributed by atoms with Crippen LogP contribution in [0.2, 0.25) is 0 Å². The van der Waals surface area contributed by atoms with Crippen molar-refractivity contribution in [1.82, 2.24) is 15.1 Å². The number of fused-ring (bicyclic) bond motifs is 2. The standard InChI is InChI=1S/C17H31N3O3/c1-11(15(21)19(5)6)18-13-7-12-8-14(9-13)20(10-12)16(22)23-17(2,3)4/h11-14,18H,7-10H2,1-6H3/t11-,12-,13-,14-/m0/s1. The molecule has 6 nitrogen and oxygen atoms in total. The van der Waals surface area contributed by atoms with E-state index in [4.69, 9.17) is 4.74 Å². The molecular weight excluding hydrogens is 294 g/mol. The van der Waals surface area contributed by atoms with E-state index in [1.807, 2.05) is 32.6 Å². The number of nitrogens with one attached hydrogen (secondary N) is 1. The number of nitrogens with zero attached hydrogens (tertiary/aromatic N) is 2. The average Bonchev–Trinajstić information content (AvgIpc) is 2.70. The first-order valence-electron chi connectivity index (χ1n) is 8.53. The van der Waals surface area contributed by atoms with Gasteiger partial charge in [0, 0.05) is 32.7 Å². The van der Waals surface area contributed by atoms with Crippen molar-refractivity contribution in [3.05, 3.63) is 0 Å². The van der Waals surface area contributed by atoms with Crippen molar-refractivity contribution in [2.75, 3.05) is 20.6 Å². The molecular formula is C17H31N3O3. The zero-order valence-electron chi connectivity index (χ0n) is 15.3. The number of amides is 2. The van der Waals surface area contributed by atoms with Gasteiger partial charge in [-0.3, -0.25) is 4.79 Å². The second-order valence-electron chi connectivity index (χ2n) is 8.18. The Kier molecular flexibility index (Phi) is 5.23. The molecule has 4 atom stereocenters. The molecule has 1 aliphatic carbocycles. The lowest BCUT2D eigenvalue weighted by molar-refractivity contribution is -0.130. The van der Waals surface area contributed by atoms with Gasteiger partial charge in [0.05, 0.1) is 6.04 Å². The molecule has 0 aromatic rings. The fraction of sp³-hybridized carbons (Fsp3) is 0.882. The molecule has 1 saturated carbocycles. The van der Waals surface area contributed by atoms with Crippen molar-refractivity contribution in [1.29, 1.82) is 0 Å². The van der Waals surface area contributed by atoms with Crippen molar-refractivity contribution >= 4 is 12.0 Å². The topological polar surface area (TPSA) is 61.9 Å². The van der Waals surface area contributed by atoms with E-state index in [2.05, 4.69) is 5.32 Å². The molecule has 1 heterocycles. The predicted molar refractivity (Wildman–Crippen MR) is 89.1 cm³/mol. The van der Waals surface area contributed by atoms with E-state index < -0.39 is 5.60 Å². The highest BCUT2D eigenvalue weighted by Crippen LogP contribution is 2.36. The molecule has 1 N–H and O–H groups in total. The van der Waals surface area contributed by atoms with Crippen LogP contribution in [0.4, 0.5) is 4.79 Å². The van der Waals surface area contributed by atoms with Gasteiger partial charge in [-0.15, -0.1) is 0 Å². The summed E-state index contributed by atoms with van der Waals surface area (Å²) in [5, 5.41) is 3.44. The lowest BCUT2D eigenvalue weighted by atomic mass is 9.86. The van der Waals surface area contributed by atoms with Gasteiger partial charge < -0.3 is 19.9 Å². The van der Waals surface area contributed by atoms with Crippen molar-refractivity contribution in [3.8, 4) is 0 Å². The van der Waals surface area contributed by atoms with Crippen molar-refractivity contribution in [3.63, 3.8) is 0 Å². The van der Waals surface area contributed by atoms with Gasteiger partial charge in [-0.05, 0) is 52.9 Å². The molecule has 1 saturated heterocycles. The van der Waals surface area contributed by atoms with Crippen molar-refractivity contribution in [2.45, 2.75) is 70.7 Å². The summed E-state index contributed by atoms with van der Waals surface area (Å²) in [5.41, 5.74) is -0.460. The summed E-state index contributed by atoms with van der Waals surface area (Å²) in [6.07, 6.45) is 2.75. The van der Waals surface area contributed by atoms with E-state index in [1.54, 1.807) is 19.0 Å². The Balaban J connectivity index is 1.92. The third-order valence-corrected chi connectivity index (χ3v) is 4.60. The van der Waals surface area contributed by atoms with E-state index in [1.165, 1.54) is 0 Å². The molecule has 2 bridgehead atoms. The number of carbonyl (C=O) groups is 2. The van der Waals surface area contributed by atoms with Gasteiger partial charge in [-0.2, -0.15) is 0 Å². The van der Waals surface area contributed by atoms with E-state index in [0.717, 1.165) is 25.8 Å². The smallest absolute Gasteiger partial charge is 0.410 e. The highest BCUT2D eigenvalue weighted by atomic mass is 16.6. The predicted octanol–water partition coefficient (Wildman–Crippen LogP) is 1.84. The molecule has 0 aromatic heterocycles. The van der Waals surface area contributed by atoms with E-state index >= 15 is 0 Å². The summed E-state index contributed by atoms with van der Waals surface area (Å²) < 4.78 is 5.52. The van der Waals surface area contributed by atoms with Crippen LogP contribution < -0.4 is 5.32 Å². The maximum atomic E-state index is 12.4. The van der Waals surface area contributed by atoms with Crippen LogP contribution in [0.15, 0.2) is 0 Å². The summed E-state index contributed by atoms with van der Waals surface area (Å²) in [7, 11) is 3.55. The van der Waals surface area contributed by atoms with Gasteiger partial charge in [0.2, 0.25) is 5.91 Å². The lowest BCUT2D eigenvalue weighted by Gasteiger charge is -2.32. The molecule has 0 radical (unpaired) electrons. The number of likely N-dealkylation sites (N-methyl/N-ethyl adjacent to an activating group) is 1. The van der Waals surface area contributed by atoms with Crippen LogP contribution in [0, 0.1) is 5.92 Å². The first-order valence-corrected chi connectivity index (χ1v) is 8.53. The third kappa shape index (κ3) is 4.59. The molecule has 2 rings (SSSR count). The van der Waals surface area contributed by atoms with Gasteiger partial charge in [-0.25, -0.2) is 4.79 Å². The highest BCUT2D eigenvalue weighted by molar-refractivity contribution is 5.80.